The first-order valence-electron chi connectivity index (χ1n) is 14.9. The predicted octanol–water partition coefficient (Wildman–Crippen LogP) is 8.25. The highest BCUT2D eigenvalue weighted by atomic mass is 35.5. The number of carboxylic acid groups (broad SMARTS) is 1. The molecule has 0 bridgehead atoms. The van der Waals surface area contributed by atoms with Crippen molar-refractivity contribution < 1.29 is 19.5 Å². The van der Waals surface area contributed by atoms with Crippen molar-refractivity contribution in [3.63, 3.8) is 0 Å². The number of hydrogen-bond acceptors (Lipinski definition) is 3. The number of carboxylic acids is 1. The summed E-state index contributed by atoms with van der Waals surface area (Å²) in [5.74, 6) is -1.43. The third-order valence-corrected chi connectivity index (χ3v) is 8.27. The lowest BCUT2D eigenvalue weighted by atomic mass is 9.86. The summed E-state index contributed by atoms with van der Waals surface area (Å²) in [5, 5.41) is 13.0. The molecular formula is C36H41ClN2O4. The third kappa shape index (κ3) is 7.74. The number of Topliss-reactive ketones (excluding diaryl/α,β-unsaturated/α-hetero) is 1. The molecule has 0 aliphatic carbocycles. The minimum Gasteiger partial charge on any atom is -0.481 e. The van der Waals surface area contributed by atoms with Gasteiger partial charge in [0.15, 0.2) is 5.78 Å². The molecule has 2 N–H and O–H groups in total. The van der Waals surface area contributed by atoms with Gasteiger partial charge in [-0.15, -0.1) is 0 Å². The van der Waals surface area contributed by atoms with Crippen molar-refractivity contribution >= 4 is 40.2 Å². The van der Waals surface area contributed by atoms with Crippen molar-refractivity contribution in [3.05, 3.63) is 106 Å². The largest absolute Gasteiger partial charge is 0.481 e. The molecule has 0 fully saturated rings. The quantitative estimate of drug-likeness (QED) is 0.160. The van der Waals surface area contributed by atoms with Gasteiger partial charge in [0, 0.05) is 34.0 Å². The van der Waals surface area contributed by atoms with Crippen LogP contribution in [0, 0.1) is 5.92 Å². The Labute approximate surface area is 259 Å². The van der Waals surface area contributed by atoms with E-state index in [2.05, 4.69) is 68.8 Å². The molecule has 0 spiro atoms. The Kier molecular flexibility index (Phi) is 10.1. The lowest BCUT2D eigenvalue weighted by Crippen LogP contribution is -2.26. The fraction of sp³-hybridized carbons (Fsp3) is 0.361. The normalized spacial score (nSPS) is 13.1. The van der Waals surface area contributed by atoms with Crippen molar-refractivity contribution in [1.29, 1.82) is 0 Å². The zero-order valence-corrected chi connectivity index (χ0v) is 26.4. The highest BCUT2D eigenvalue weighted by Crippen LogP contribution is 2.33. The molecule has 1 heterocycles. The summed E-state index contributed by atoms with van der Waals surface area (Å²) in [7, 11) is 0. The number of nitrogens with zero attached hydrogens (tertiary/aromatic N) is 1. The Morgan fingerprint density at radius 3 is 2.23 bits per heavy atom. The van der Waals surface area contributed by atoms with E-state index < -0.39 is 5.97 Å². The van der Waals surface area contributed by atoms with Gasteiger partial charge in [-0.2, -0.15) is 0 Å². The molecule has 3 aromatic carbocycles. The van der Waals surface area contributed by atoms with Crippen molar-refractivity contribution in [2.24, 2.45) is 5.92 Å². The average Bonchev–Trinajstić information content (AvgIpc) is 3.34. The van der Waals surface area contributed by atoms with Gasteiger partial charge >= 0.3 is 5.97 Å². The molecule has 7 heteroatoms. The van der Waals surface area contributed by atoms with Crippen LogP contribution in [0.1, 0.15) is 97.5 Å². The van der Waals surface area contributed by atoms with Gasteiger partial charge < -0.3 is 15.0 Å². The van der Waals surface area contributed by atoms with Gasteiger partial charge in [0.05, 0.1) is 18.2 Å². The topological polar surface area (TPSA) is 88.4 Å². The van der Waals surface area contributed by atoms with E-state index in [0.717, 1.165) is 34.9 Å². The van der Waals surface area contributed by atoms with Gasteiger partial charge in [-0.25, -0.2) is 0 Å². The Morgan fingerprint density at radius 1 is 0.953 bits per heavy atom. The molecule has 1 aromatic heterocycles. The second kappa shape index (κ2) is 13.6. The Bertz CT molecular complexity index is 1600. The lowest BCUT2D eigenvalue weighted by molar-refractivity contribution is -0.136. The second-order valence-electron chi connectivity index (χ2n) is 12.3. The summed E-state index contributed by atoms with van der Waals surface area (Å²) in [6, 6.07) is 23.5. The third-order valence-electron chi connectivity index (χ3n) is 8.03. The van der Waals surface area contributed by atoms with E-state index in [-0.39, 0.29) is 42.0 Å². The number of ketones is 1. The van der Waals surface area contributed by atoms with E-state index in [9.17, 15) is 14.4 Å². The van der Waals surface area contributed by atoms with Crippen molar-refractivity contribution in [2.45, 2.75) is 71.8 Å². The van der Waals surface area contributed by atoms with Crippen LogP contribution in [0.2, 0.25) is 5.02 Å². The number of nitrogens with one attached hydrogen (secondary N) is 1. The predicted molar refractivity (Wildman–Crippen MR) is 173 cm³/mol. The molecule has 1 amide bonds. The van der Waals surface area contributed by atoms with E-state index in [4.69, 9.17) is 16.7 Å². The van der Waals surface area contributed by atoms with Crippen LogP contribution in [0.3, 0.4) is 0 Å². The second-order valence-corrected chi connectivity index (χ2v) is 12.7. The highest BCUT2D eigenvalue weighted by Gasteiger charge is 2.27. The monoisotopic (exact) mass is 600 g/mol. The van der Waals surface area contributed by atoms with E-state index in [1.165, 1.54) is 5.56 Å². The average molecular weight is 601 g/mol. The van der Waals surface area contributed by atoms with Crippen molar-refractivity contribution in [1.82, 2.24) is 9.88 Å². The number of carbonyl (C=O) groups excluding carboxylic acids is 2. The summed E-state index contributed by atoms with van der Waals surface area (Å²) in [6.45, 7) is 10.9. The van der Waals surface area contributed by atoms with E-state index >= 15 is 0 Å². The fourth-order valence-electron chi connectivity index (χ4n) is 5.57. The van der Waals surface area contributed by atoms with Gasteiger partial charge in [0.25, 0.3) is 5.91 Å². The number of carbonyl (C=O) groups is 3. The minimum atomic E-state index is -0.961. The van der Waals surface area contributed by atoms with Crippen LogP contribution >= 0.6 is 11.6 Å². The Balaban J connectivity index is 1.63. The van der Waals surface area contributed by atoms with Crippen molar-refractivity contribution in [2.75, 3.05) is 6.54 Å². The maximum Gasteiger partial charge on any atom is 0.305 e. The Morgan fingerprint density at radius 2 is 1.63 bits per heavy atom. The summed E-state index contributed by atoms with van der Waals surface area (Å²) in [5.41, 5.74) is 5.48. The van der Waals surface area contributed by atoms with Crippen LogP contribution in [-0.4, -0.2) is 33.9 Å². The van der Waals surface area contributed by atoms with Crippen LogP contribution < -0.4 is 5.32 Å². The van der Waals surface area contributed by atoms with Crippen LogP contribution in [-0.2, 0) is 16.6 Å². The van der Waals surface area contributed by atoms with Crippen molar-refractivity contribution in [3.8, 4) is 0 Å². The molecule has 0 radical (unpaired) electrons. The van der Waals surface area contributed by atoms with Gasteiger partial charge in [0.2, 0.25) is 0 Å². The number of aliphatic carboxylic acids is 1. The zero-order chi connectivity index (χ0) is 31.3. The molecule has 2 atom stereocenters. The van der Waals surface area contributed by atoms with Crippen LogP contribution in [0.5, 0.6) is 0 Å². The maximum absolute atomic E-state index is 14.3. The first kappa shape index (κ1) is 32.0. The number of fused-ring (bicyclic) bond motifs is 1. The molecule has 43 heavy (non-hydrogen) atoms. The molecule has 4 rings (SSSR count). The van der Waals surface area contributed by atoms with Crippen LogP contribution in [0.15, 0.2) is 72.8 Å². The summed E-state index contributed by atoms with van der Waals surface area (Å²) in [6.07, 6.45) is 2.00. The number of benzene rings is 3. The molecule has 0 unspecified atom stereocenters. The number of amides is 1. The number of halogens is 1. The van der Waals surface area contributed by atoms with E-state index in [1.54, 1.807) is 12.1 Å². The summed E-state index contributed by atoms with van der Waals surface area (Å²) >= 11 is 6.36. The summed E-state index contributed by atoms with van der Waals surface area (Å²) < 4.78 is 2.15. The molecule has 6 nitrogen and oxygen atoms in total. The first-order valence-corrected chi connectivity index (χ1v) is 15.3. The number of aromatic nitrogens is 1. The minimum absolute atomic E-state index is 0.0511. The fourth-order valence-corrected chi connectivity index (χ4v) is 5.75. The summed E-state index contributed by atoms with van der Waals surface area (Å²) in [4.78, 5) is 37.4. The van der Waals surface area contributed by atoms with Gasteiger partial charge in [-0.1, -0.05) is 82.1 Å². The molecular weight excluding hydrogens is 560 g/mol. The smallest absolute Gasteiger partial charge is 0.305 e. The Hall–Kier alpha value is -3.90. The van der Waals surface area contributed by atoms with E-state index in [0.29, 0.717) is 22.7 Å². The SMILES string of the molecule is CCC[C@H](Cc1ccc(C(=O)NCCC(=O)O)cc1)C(=O)c1cc2cc(Cl)ccc2n1[C@H](C)c1ccc(C(C)(C)C)cc1. The van der Waals surface area contributed by atoms with Gasteiger partial charge in [0.1, 0.15) is 0 Å². The standard InChI is InChI=1S/C36H41ClN2O4/c1-6-7-27(20-24-8-10-26(11-9-24)35(43)38-19-18-33(40)41)34(42)32-22-28-21-30(37)16-17-31(28)39(32)23(2)25-12-14-29(15-13-25)36(3,4)5/h8-17,21-23,27H,6-7,18-20H2,1-5H3,(H,38,43)(H,40,41)/t23-,27-/m1/s1. The molecule has 0 aliphatic heterocycles. The molecule has 4 aromatic rings. The molecule has 0 saturated heterocycles. The van der Waals surface area contributed by atoms with Gasteiger partial charge in [-0.05, 0) is 78.3 Å². The lowest BCUT2D eigenvalue weighted by Gasteiger charge is -2.24. The zero-order valence-electron chi connectivity index (χ0n) is 25.6. The molecule has 226 valence electrons. The van der Waals surface area contributed by atoms with Crippen LogP contribution in [0.25, 0.3) is 10.9 Å². The molecule has 0 saturated carbocycles. The van der Waals surface area contributed by atoms with Gasteiger partial charge in [-0.3, -0.25) is 14.4 Å². The highest BCUT2D eigenvalue weighted by molar-refractivity contribution is 6.31. The van der Waals surface area contributed by atoms with E-state index in [1.807, 2.05) is 36.4 Å². The molecule has 0 aliphatic rings. The van der Waals surface area contributed by atoms with Crippen LogP contribution in [0.4, 0.5) is 0 Å². The maximum atomic E-state index is 14.3. The number of rotatable bonds is 12. The first-order chi connectivity index (χ1) is 20.4. The number of hydrogen-bond donors (Lipinski definition) is 2.